The van der Waals surface area contributed by atoms with Crippen LogP contribution in [0, 0.1) is 10.8 Å². The van der Waals surface area contributed by atoms with Crippen molar-refractivity contribution in [3.8, 4) is 0 Å². The van der Waals surface area contributed by atoms with Gasteiger partial charge in [0.2, 0.25) is 0 Å². The van der Waals surface area contributed by atoms with E-state index in [9.17, 15) is 9.90 Å². The molecular weight excluding hydrogens is 300 g/mol. The van der Waals surface area contributed by atoms with Gasteiger partial charge in [-0.25, -0.2) is 4.79 Å². The van der Waals surface area contributed by atoms with Gasteiger partial charge in [-0.3, -0.25) is 4.90 Å². The van der Waals surface area contributed by atoms with Crippen molar-refractivity contribution in [2.75, 3.05) is 19.6 Å². The fraction of sp³-hybridized carbons (Fsp3) is 0.650. The zero-order chi connectivity index (χ0) is 17.4. The number of carboxylic acid groups (broad SMARTS) is 1. The summed E-state index contributed by atoms with van der Waals surface area (Å²) in [6.45, 7) is 10.4. The maximum Gasteiger partial charge on any atom is 0.407 e. The second-order valence-electron chi connectivity index (χ2n) is 8.62. The van der Waals surface area contributed by atoms with Crippen molar-refractivity contribution in [1.29, 1.82) is 0 Å². The summed E-state index contributed by atoms with van der Waals surface area (Å²) in [7, 11) is 0. The Hall–Kier alpha value is -1.55. The molecule has 132 valence electrons. The highest BCUT2D eigenvalue weighted by Crippen LogP contribution is 2.51. The highest BCUT2D eigenvalue weighted by atomic mass is 16.4. The SMILES string of the molecule is CC(C)(C)C1N(C(=O)O)CCC12CCN(Cc1ccccc1)CC2. The Balaban J connectivity index is 1.70. The van der Waals surface area contributed by atoms with Crippen LogP contribution in [-0.2, 0) is 6.54 Å². The number of hydrogen-bond acceptors (Lipinski definition) is 2. The second-order valence-corrected chi connectivity index (χ2v) is 8.62. The fourth-order valence-electron chi connectivity index (χ4n) is 5.05. The van der Waals surface area contributed by atoms with E-state index < -0.39 is 6.09 Å². The summed E-state index contributed by atoms with van der Waals surface area (Å²) in [5, 5.41) is 9.62. The average Bonchev–Trinajstić information content (AvgIpc) is 2.90. The van der Waals surface area contributed by atoms with Gasteiger partial charge in [0.05, 0.1) is 0 Å². The molecule has 1 aromatic carbocycles. The monoisotopic (exact) mass is 330 g/mol. The lowest BCUT2D eigenvalue weighted by Crippen LogP contribution is -2.53. The Morgan fingerprint density at radius 2 is 1.71 bits per heavy atom. The Bertz CT molecular complexity index is 571. The van der Waals surface area contributed by atoms with Crippen LogP contribution in [0.4, 0.5) is 4.79 Å². The molecule has 1 spiro atoms. The molecule has 0 aromatic heterocycles. The Labute approximate surface area is 145 Å². The zero-order valence-corrected chi connectivity index (χ0v) is 15.2. The molecule has 1 amide bonds. The minimum absolute atomic E-state index is 0.0174. The molecule has 0 bridgehead atoms. The molecule has 2 aliphatic rings. The van der Waals surface area contributed by atoms with Crippen molar-refractivity contribution in [2.45, 2.75) is 52.6 Å². The molecule has 4 heteroatoms. The molecule has 1 unspecified atom stereocenters. The van der Waals surface area contributed by atoms with E-state index in [0.29, 0.717) is 6.54 Å². The van der Waals surface area contributed by atoms with Gasteiger partial charge in [-0.15, -0.1) is 0 Å². The van der Waals surface area contributed by atoms with Crippen molar-refractivity contribution in [3.63, 3.8) is 0 Å². The number of likely N-dealkylation sites (tertiary alicyclic amines) is 2. The number of nitrogens with zero attached hydrogens (tertiary/aromatic N) is 2. The summed E-state index contributed by atoms with van der Waals surface area (Å²) in [4.78, 5) is 15.9. The molecule has 1 N–H and O–H groups in total. The van der Waals surface area contributed by atoms with Crippen LogP contribution in [0.1, 0.15) is 45.6 Å². The lowest BCUT2D eigenvalue weighted by atomic mass is 9.64. The van der Waals surface area contributed by atoms with Crippen LogP contribution in [0.3, 0.4) is 0 Å². The van der Waals surface area contributed by atoms with E-state index in [4.69, 9.17) is 0 Å². The minimum Gasteiger partial charge on any atom is -0.465 e. The fourth-order valence-corrected chi connectivity index (χ4v) is 5.05. The summed E-state index contributed by atoms with van der Waals surface area (Å²) in [5.41, 5.74) is 1.50. The lowest BCUT2D eigenvalue weighted by molar-refractivity contribution is 0.00926. The first kappa shape index (κ1) is 17.3. The van der Waals surface area contributed by atoms with Crippen LogP contribution in [0.5, 0.6) is 0 Å². The van der Waals surface area contributed by atoms with E-state index in [0.717, 1.165) is 38.9 Å². The average molecular weight is 330 g/mol. The molecular formula is C20H30N2O2. The molecule has 1 atom stereocenters. The van der Waals surface area contributed by atoms with E-state index in [2.05, 4.69) is 56.0 Å². The van der Waals surface area contributed by atoms with E-state index in [1.807, 2.05) is 0 Å². The largest absolute Gasteiger partial charge is 0.465 e. The predicted octanol–water partition coefficient (Wildman–Crippen LogP) is 4.07. The number of hydrogen-bond donors (Lipinski definition) is 1. The zero-order valence-electron chi connectivity index (χ0n) is 15.2. The summed E-state index contributed by atoms with van der Waals surface area (Å²) in [6, 6.07) is 10.7. The summed E-state index contributed by atoms with van der Waals surface area (Å²) >= 11 is 0. The van der Waals surface area contributed by atoms with Gasteiger partial charge in [0.25, 0.3) is 0 Å². The van der Waals surface area contributed by atoms with Crippen LogP contribution in [-0.4, -0.2) is 46.7 Å². The maximum absolute atomic E-state index is 11.7. The van der Waals surface area contributed by atoms with Gasteiger partial charge in [0.1, 0.15) is 0 Å². The molecule has 4 nitrogen and oxygen atoms in total. The Kier molecular flexibility index (Phi) is 4.60. The molecule has 0 aliphatic carbocycles. The van der Waals surface area contributed by atoms with Gasteiger partial charge in [0, 0.05) is 19.1 Å². The standard InChI is InChI=1S/C20H30N2O2/c1-19(2,3)17-20(11-14-22(17)18(23)24)9-12-21(13-10-20)15-16-7-5-4-6-8-16/h4-8,17H,9-15H2,1-3H3,(H,23,24). The van der Waals surface area contributed by atoms with Crippen molar-refractivity contribution < 1.29 is 9.90 Å². The number of carbonyl (C=O) groups is 1. The van der Waals surface area contributed by atoms with Gasteiger partial charge in [-0.1, -0.05) is 51.1 Å². The second kappa shape index (κ2) is 6.40. The molecule has 0 radical (unpaired) electrons. The quantitative estimate of drug-likeness (QED) is 0.889. The van der Waals surface area contributed by atoms with Gasteiger partial charge in [-0.05, 0) is 48.7 Å². The van der Waals surface area contributed by atoms with Crippen LogP contribution in [0.15, 0.2) is 30.3 Å². The predicted molar refractivity (Wildman–Crippen MR) is 96.0 cm³/mol. The highest BCUT2D eigenvalue weighted by Gasteiger charge is 2.54. The molecule has 3 rings (SSSR count). The van der Waals surface area contributed by atoms with Gasteiger partial charge in [0.15, 0.2) is 0 Å². The number of benzene rings is 1. The number of rotatable bonds is 2. The summed E-state index contributed by atoms with van der Waals surface area (Å²) in [5.74, 6) is 0. The van der Waals surface area contributed by atoms with E-state index in [1.54, 1.807) is 4.90 Å². The third-order valence-electron chi connectivity index (χ3n) is 5.91. The summed E-state index contributed by atoms with van der Waals surface area (Å²) < 4.78 is 0. The van der Waals surface area contributed by atoms with Crippen LogP contribution in [0.25, 0.3) is 0 Å². The van der Waals surface area contributed by atoms with Crippen LogP contribution < -0.4 is 0 Å². The molecule has 1 aromatic rings. The normalized spacial score (nSPS) is 24.5. The first-order valence-electron chi connectivity index (χ1n) is 9.08. The molecule has 24 heavy (non-hydrogen) atoms. The molecule has 2 heterocycles. The molecule has 2 fully saturated rings. The van der Waals surface area contributed by atoms with Crippen molar-refractivity contribution >= 4 is 6.09 Å². The van der Waals surface area contributed by atoms with E-state index in [1.165, 1.54) is 5.56 Å². The minimum atomic E-state index is -0.751. The highest BCUT2D eigenvalue weighted by molar-refractivity contribution is 5.66. The Morgan fingerprint density at radius 1 is 1.12 bits per heavy atom. The van der Waals surface area contributed by atoms with Crippen molar-refractivity contribution in [3.05, 3.63) is 35.9 Å². The van der Waals surface area contributed by atoms with Gasteiger partial charge >= 0.3 is 6.09 Å². The Morgan fingerprint density at radius 3 is 2.25 bits per heavy atom. The smallest absolute Gasteiger partial charge is 0.407 e. The molecule has 2 aliphatic heterocycles. The molecule has 0 saturated carbocycles. The third kappa shape index (κ3) is 3.30. The van der Waals surface area contributed by atoms with E-state index in [-0.39, 0.29) is 16.9 Å². The summed E-state index contributed by atoms with van der Waals surface area (Å²) in [6.07, 6.45) is 2.47. The van der Waals surface area contributed by atoms with Gasteiger partial charge in [-0.2, -0.15) is 0 Å². The lowest BCUT2D eigenvalue weighted by Gasteiger charge is -2.48. The number of amides is 1. The third-order valence-corrected chi connectivity index (χ3v) is 5.91. The van der Waals surface area contributed by atoms with Crippen molar-refractivity contribution in [2.24, 2.45) is 10.8 Å². The first-order chi connectivity index (χ1) is 11.3. The van der Waals surface area contributed by atoms with Crippen LogP contribution >= 0.6 is 0 Å². The van der Waals surface area contributed by atoms with Crippen LogP contribution in [0.2, 0.25) is 0 Å². The maximum atomic E-state index is 11.7. The van der Waals surface area contributed by atoms with Crippen molar-refractivity contribution in [1.82, 2.24) is 9.80 Å². The topological polar surface area (TPSA) is 43.8 Å². The van der Waals surface area contributed by atoms with Gasteiger partial charge < -0.3 is 10.0 Å². The van der Waals surface area contributed by atoms with E-state index >= 15 is 0 Å². The first-order valence-corrected chi connectivity index (χ1v) is 9.08. The number of piperidine rings is 1. The molecule has 2 saturated heterocycles.